The molecule has 0 atom stereocenters. The lowest BCUT2D eigenvalue weighted by molar-refractivity contribution is -0.107. The second-order valence-electron chi connectivity index (χ2n) is 2.34. The van der Waals surface area contributed by atoms with E-state index in [0.717, 1.165) is 6.29 Å². The van der Waals surface area contributed by atoms with Crippen LogP contribution in [0, 0.1) is 0 Å². The van der Waals surface area contributed by atoms with E-state index in [-0.39, 0.29) is 0 Å². The van der Waals surface area contributed by atoms with Gasteiger partial charge < -0.3 is 4.79 Å². The number of rotatable bonds is 2. The van der Waals surface area contributed by atoms with E-state index >= 15 is 0 Å². The Labute approximate surface area is 69.8 Å². The lowest BCUT2D eigenvalue weighted by Crippen LogP contribution is -1.61. The Morgan fingerprint density at radius 2 is 1.73 bits per heavy atom. The minimum absolute atomic E-state index is 0.552. The van der Waals surface area contributed by atoms with Crippen LogP contribution < -0.4 is 0 Å². The normalized spacial score (nSPS) is 8.36. The molecule has 0 fully saturated rings. The average molecular weight is 154 g/mol. The van der Waals surface area contributed by atoms with Crippen molar-refractivity contribution < 1.29 is 4.79 Å². The summed E-state index contributed by atoms with van der Waals surface area (Å²) < 4.78 is 0. The lowest BCUT2D eigenvalue weighted by Gasteiger charge is -1.74. The van der Waals surface area contributed by atoms with Gasteiger partial charge in [-0.05, 0) is 27.7 Å². The molecule has 0 rings (SSSR count). The van der Waals surface area contributed by atoms with Gasteiger partial charge in [0.1, 0.15) is 6.29 Å². The summed E-state index contributed by atoms with van der Waals surface area (Å²) in [5, 5.41) is 0. The molecule has 1 heteroatoms. The third kappa shape index (κ3) is 27.2. The number of hydrogen-bond acceptors (Lipinski definition) is 1. The van der Waals surface area contributed by atoms with Crippen LogP contribution in [0.3, 0.4) is 0 Å². The third-order valence-corrected chi connectivity index (χ3v) is 1.05. The minimum Gasteiger partial charge on any atom is -0.303 e. The van der Waals surface area contributed by atoms with Crippen LogP contribution in [0.25, 0.3) is 0 Å². The summed E-state index contributed by atoms with van der Waals surface area (Å²) in [6, 6.07) is 0. The molecule has 0 radical (unpaired) electrons. The molecule has 0 heterocycles. The van der Waals surface area contributed by atoms with E-state index in [9.17, 15) is 4.79 Å². The molecule has 0 saturated carbocycles. The summed E-state index contributed by atoms with van der Waals surface area (Å²) in [4.78, 5) is 9.51. The van der Waals surface area contributed by atoms with Crippen molar-refractivity contribution in [1.82, 2.24) is 0 Å². The molecule has 0 aliphatic carbocycles. The summed E-state index contributed by atoms with van der Waals surface area (Å²) in [5.74, 6) is 0. The Morgan fingerprint density at radius 3 is 1.82 bits per heavy atom. The van der Waals surface area contributed by atoms with Gasteiger partial charge in [0.25, 0.3) is 0 Å². The molecule has 0 unspecified atom stereocenters. The van der Waals surface area contributed by atoms with Gasteiger partial charge in [0, 0.05) is 6.42 Å². The van der Waals surface area contributed by atoms with Crippen molar-refractivity contribution in [2.45, 2.75) is 34.1 Å². The predicted molar refractivity (Wildman–Crippen MR) is 50.6 cm³/mol. The number of carbonyl (C=O) groups is 1. The van der Waals surface area contributed by atoms with E-state index < -0.39 is 0 Å². The maximum atomic E-state index is 9.51. The van der Waals surface area contributed by atoms with Crippen LogP contribution in [0.5, 0.6) is 0 Å². The van der Waals surface area contributed by atoms with Crippen molar-refractivity contribution in [3.63, 3.8) is 0 Å². The van der Waals surface area contributed by atoms with Crippen molar-refractivity contribution in [2.24, 2.45) is 0 Å². The van der Waals surface area contributed by atoms with Crippen LogP contribution in [0.4, 0.5) is 0 Å². The number of allylic oxidation sites excluding steroid dienone is 4. The lowest BCUT2D eigenvalue weighted by atomic mass is 10.3. The molecule has 0 N–H and O–H groups in total. The molecule has 0 spiro atoms. The van der Waals surface area contributed by atoms with E-state index in [0.29, 0.717) is 6.42 Å². The second kappa shape index (κ2) is 11.9. The van der Waals surface area contributed by atoms with Crippen molar-refractivity contribution in [1.29, 1.82) is 0 Å². The highest BCUT2D eigenvalue weighted by Crippen LogP contribution is 1.82. The maximum Gasteiger partial charge on any atom is 0.123 e. The first-order valence-electron chi connectivity index (χ1n) is 3.83. The molecule has 0 bridgehead atoms. The fourth-order valence-corrected chi connectivity index (χ4v) is 0.192. The van der Waals surface area contributed by atoms with E-state index in [4.69, 9.17) is 0 Å². The quantitative estimate of drug-likeness (QED) is 0.441. The zero-order valence-electron chi connectivity index (χ0n) is 7.92. The number of hydrogen-bond donors (Lipinski definition) is 0. The van der Waals surface area contributed by atoms with Gasteiger partial charge in [0.2, 0.25) is 0 Å². The third-order valence-electron chi connectivity index (χ3n) is 1.05. The van der Waals surface area contributed by atoms with E-state index in [1.54, 1.807) is 0 Å². The van der Waals surface area contributed by atoms with Crippen molar-refractivity contribution in [3.8, 4) is 0 Å². The Balaban J connectivity index is 0. The van der Waals surface area contributed by atoms with Gasteiger partial charge in [0.15, 0.2) is 0 Å². The summed E-state index contributed by atoms with van der Waals surface area (Å²) >= 11 is 0. The molecular weight excluding hydrogens is 136 g/mol. The Kier molecular flexibility index (Phi) is 13.8. The van der Waals surface area contributed by atoms with Crippen LogP contribution in [0.15, 0.2) is 23.8 Å². The Bertz CT molecular complexity index is 128. The zero-order chi connectivity index (χ0) is 9.11. The van der Waals surface area contributed by atoms with Crippen LogP contribution in [0.1, 0.15) is 34.1 Å². The molecule has 0 aliphatic rings. The Hall–Kier alpha value is -0.850. The molecule has 0 aromatic carbocycles. The van der Waals surface area contributed by atoms with Crippen molar-refractivity contribution in [3.05, 3.63) is 23.8 Å². The van der Waals surface area contributed by atoms with Gasteiger partial charge >= 0.3 is 0 Å². The summed E-state index contributed by atoms with van der Waals surface area (Å²) in [6.45, 7) is 8.10. The minimum atomic E-state index is 0.552. The molecule has 0 aromatic rings. The van der Waals surface area contributed by atoms with Crippen LogP contribution in [-0.4, -0.2) is 6.29 Å². The maximum absolute atomic E-state index is 9.51. The molecule has 11 heavy (non-hydrogen) atoms. The summed E-state index contributed by atoms with van der Waals surface area (Å²) in [7, 11) is 0. The predicted octanol–water partition coefficient (Wildman–Crippen LogP) is 3.12. The first-order valence-corrected chi connectivity index (χ1v) is 3.83. The molecule has 64 valence electrons. The van der Waals surface area contributed by atoms with Crippen molar-refractivity contribution in [2.75, 3.05) is 0 Å². The van der Waals surface area contributed by atoms with Gasteiger partial charge in [-0.2, -0.15) is 0 Å². The molecule has 0 aromatic heterocycles. The highest BCUT2D eigenvalue weighted by atomic mass is 16.1. The first-order chi connectivity index (χ1) is 5.18. The van der Waals surface area contributed by atoms with Crippen LogP contribution in [0.2, 0.25) is 0 Å². The van der Waals surface area contributed by atoms with Crippen LogP contribution in [-0.2, 0) is 4.79 Å². The van der Waals surface area contributed by atoms with Crippen molar-refractivity contribution >= 4 is 6.29 Å². The Morgan fingerprint density at radius 1 is 1.27 bits per heavy atom. The van der Waals surface area contributed by atoms with E-state index in [2.05, 4.69) is 19.9 Å². The first kappa shape index (κ1) is 12.8. The SMILES string of the molecule is C/C=C/CC=O.CC=C(C)C. The number of aldehydes is 1. The van der Waals surface area contributed by atoms with Gasteiger partial charge in [0.05, 0.1) is 0 Å². The van der Waals surface area contributed by atoms with Gasteiger partial charge in [-0.3, -0.25) is 0 Å². The molecule has 1 nitrogen and oxygen atoms in total. The largest absolute Gasteiger partial charge is 0.303 e. The van der Waals surface area contributed by atoms with Crippen LogP contribution >= 0.6 is 0 Å². The highest BCUT2D eigenvalue weighted by Gasteiger charge is 1.63. The average Bonchev–Trinajstić information content (AvgIpc) is 2.02. The topological polar surface area (TPSA) is 17.1 Å². The fraction of sp³-hybridized carbons (Fsp3) is 0.500. The number of carbonyl (C=O) groups excluding carboxylic acids is 1. The molecule has 0 amide bonds. The zero-order valence-corrected chi connectivity index (χ0v) is 7.92. The highest BCUT2D eigenvalue weighted by molar-refractivity contribution is 5.51. The van der Waals surface area contributed by atoms with Gasteiger partial charge in [-0.1, -0.05) is 23.8 Å². The molecule has 0 saturated heterocycles. The monoisotopic (exact) mass is 154 g/mol. The summed E-state index contributed by atoms with van der Waals surface area (Å²) in [5.41, 5.74) is 1.38. The molecular formula is C10H18O. The van der Waals surface area contributed by atoms with E-state index in [1.807, 2.05) is 26.0 Å². The van der Waals surface area contributed by atoms with Gasteiger partial charge in [-0.15, -0.1) is 0 Å². The van der Waals surface area contributed by atoms with E-state index in [1.165, 1.54) is 5.57 Å². The summed E-state index contributed by atoms with van der Waals surface area (Å²) in [6.07, 6.45) is 7.18. The smallest absolute Gasteiger partial charge is 0.123 e. The fourth-order valence-electron chi connectivity index (χ4n) is 0.192. The molecule has 0 aliphatic heterocycles. The standard InChI is InChI=1S/C5H8O.C5H10/c1-2-3-4-5-6;1-4-5(2)3/h2-3,5H,4H2,1H3;4H,1-3H3/b3-2+;. The van der Waals surface area contributed by atoms with Gasteiger partial charge in [-0.25, -0.2) is 0 Å². The second-order valence-corrected chi connectivity index (χ2v) is 2.34.